The van der Waals surface area contributed by atoms with Crippen LogP contribution in [-0.4, -0.2) is 30.9 Å². The van der Waals surface area contributed by atoms with Crippen molar-refractivity contribution in [1.82, 2.24) is 10.4 Å². The highest BCUT2D eigenvalue weighted by molar-refractivity contribution is 7.91. The molecule has 0 aromatic carbocycles. The minimum Gasteiger partial charge on any atom is -0.271 e. The van der Waals surface area contributed by atoms with Gasteiger partial charge in [-0.2, -0.15) is 0 Å². The van der Waals surface area contributed by atoms with Crippen molar-refractivity contribution in [3.63, 3.8) is 0 Å². The quantitative estimate of drug-likeness (QED) is 0.627. The van der Waals surface area contributed by atoms with E-state index in [0.29, 0.717) is 12.3 Å². The molecule has 20 heavy (non-hydrogen) atoms. The molecule has 3 unspecified atom stereocenters. The molecule has 0 amide bonds. The fourth-order valence-electron chi connectivity index (χ4n) is 3.07. The Kier molecular flexibility index (Phi) is 5.12. The van der Waals surface area contributed by atoms with Crippen molar-refractivity contribution in [1.29, 1.82) is 0 Å². The van der Waals surface area contributed by atoms with E-state index >= 15 is 0 Å². The molecule has 5 nitrogen and oxygen atoms in total. The molecular formula is C14H23N3O2S. The van der Waals surface area contributed by atoms with Crippen LogP contribution < -0.4 is 11.3 Å². The second-order valence-corrected chi connectivity index (χ2v) is 8.04. The fraction of sp³-hybridized carbons (Fsp3) is 0.643. The largest absolute Gasteiger partial charge is 0.271 e. The van der Waals surface area contributed by atoms with Crippen molar-refractivity contribution in [3.8, 4) is 0 Å². The second-order valence-electron chi connectivity index (χ2n) is 5.72. The smallest absolute Gasteiger partial charge is 0.150 e. The highest BCUT2D eigenvalue weighted by Gasteiger charge is 2.32. The van der Waals surface area contributed by atoms with Gasteiger partial charge in [0, 0.05) is 24.7 Å². The summed E-state index contributed by atoms with van der Waals surface area (Å²) in [4.78, 5) is 4.11. The first-order chi connectivity index (χ1) is 9.50. The SMILES string of the molecule is CS(=O)(=O)C1CCCC(C(Cc2cccnc2)NN)C1. The van der Waals surface area contributed by atoms with Crippen LogP contribution in [0.15, 0.2) is 24.5 Å². The Morgan fingerprint density at radius 2 is 2.30 bits per heavy atom. The van der Waals surface area contributed by atoms with Gasteiger partial charge in [0.25, 0.3) is 0 Å². The van der Waals surface area contributed by atoms with Gasteiger partial charge in [-0.1, -0.05) is 12.5 Å². The lowest BCUT2D eigenvalue weighted by molar-refractivity contribution is 0.269. The molecule has 6 heteroatoms. The summed E-state index contributed by atoms with van der Waals surface area (Å²) in [7, 11) is -2.95. The van der Waals surface area contributed by atoms with Crippen LogP contribution in [0, 0.1) is 5.92 Å². The van der Waals surface area contributed by atoms with E-state index < -0.39 is 9.84 Å². The molecule has 1 aromatic heterocycles. The second kappa shape index (κ2) is 6.65. The first kappa shape index (κ1) is 15.4. The predicted molar refractivity (Wildman–Crippen MR) is 79.6 cm³/mol. The number of nitrogens with zero attached hydrogens (tertiary/aromatic N) is 1. The van der Waals surface area contributed by atoms with Gasteiger partial charge in [0.15, 0.2) is 0 Å². The topological polar surface area (TPSA) is 85.1 Å². The Bertz CT molecular complexity index is 518. The molecule has 112 valence electrons. The minimum atomic E-state index is -2.95. The average Bonchev–Trinajstić information content (AvgIpc) is 2.45. The van der Waals surface area contributed by atoms with E-state index in [4.69, 9.17) is 5.84 Å². The number of hydrogen-bond donors (Lipinski definition) is 2. The summed E-state index contributed by atoms with van der Waals surface area (Å²) in [6, 6.07) is 4.03. The lowest BCUT2D eigenvalue weighted by Gasteiger charge is -2.33. The zero-order chi connectivity index (χ0) is 14.6. The van der Waals surface area contributed by atoms with Crippen LogP contribution in [-0.2, 0) is 16.3 Å². The summed E-state index contributed by atoms with van der Waals surface area (Å²) in [5.74, 6) is 5.99. The van der Waals surface area contributed by atoms with Gasteiger partial charge in [0.2, 0.25) is 0 Å². The molecular weight excluding hydrogens is 274 g/mol. The number of nitrogens with two attached hydrogens (primary N) is 1. The Balaban J connectivity index is 2.04. The molecule has 0 aliphatic heterocycles. The van der Waals surface area contributed by atoms with E-state index in [-0.39, 0.29) is 11.3 Å². The van der Waals surface area contributed by atoms with E-state index in [9.17, 15) is 8.42 Å². The predicted octanol–water partition coefficient (Wildman–Crippen LogP) is 1.06. The number of hydrogen-bond acceptors (Lipinski definition) is 5. The summed E-state index contributed by atoms with van der Waals surface area (Å²) in [6.45, 7) is 0. The maximum Gasteiger partial charge on any atom is 0.150 e. The van der Waals surface area contributed by atoms with Gasteiger partial charge in [-0.15, -0.1) is 0 Å². The number of nitrogens with one attached hydrogen (secondary N) is 1. The van der Waals surface area contributed by atoms with E-state index in [1.807, 2.05) is 18.3 Å². The standard InChI is InChI=1S/C14H23N3O2S/c1-20(18,19)13-6-2-5-12(9-13)14(17-15)8-11-4-3-7-16-10-11/h3-4,7,10,12-14,17H,2,5-6,8-9,15H2,1H3. The van der Waals surface area contributed by atoms with Crippen molar-refractivity contribution in [2.24, 2.45) is 11.8 Å². The number of hydrazine groups is 1. The van der Waals surface area contributed by atoms with Crippen LogP contribution in [0.25, 0.3) is 0 Å². The third-order valence-electron chi connectivity index (χ3n) is 4.23. The molecule has 0 bridgehead atoms. The molecule has 0 saturated heterocycles. The van der Waals surface area contributed by atoms with Crippen LogP contribution in [0.5, 0.6) is 0 Å². The van der Waals surface area contributed by atoms with Crippen LogP contribution >= 0.6 is 0 Å². The highest BCUT2D eigenvalue weighted by Crippen LogP contribution is 2.31. The fourth-order valence-corrected chi connectivity index (χ4v) is 4.26. The Hall–Kier alpha value is -0.980. The lowest BCUT2D eigenvalue weighted by Crippen LogP contribution is -2.45. The monoisotopic (exact) mass is 297 g/mol. The Morgan fingerprint density at radius 3 is 2.90 bits per heavy atom. The van der Waals surface area contributed by atoms with Crippen LogP contribution in [0.1, 0.15) is 31.2 Å². The Morgan fingerprint density at radius 1 is 1.50 bits per heavy atom. The van der Waals surface area contributed by atoms with E-state index in [0.717, 1.165) is 31.2 Å². The normalized spacial score (nSPS) is 25.3. The molecule has 3 atom stereocenters. The van der Waals surface area contributed by atoms with Crippen molar-refractivity contribution < 1.29 is 8.42 Å². The van der Waals surface area contributed by atoms with Crippen molar-refractivity contribution >= 4 is 9.84 Å². The van der Waals surface area contributed by atoms with Gasteiger partial charge in [-0.05, 0) is 43.2 Å². The molecule has 1 fully saturated rings. The van der Waals surface area contributed by atoms with Gasteiger partial charge < -0.3 is 0 Å². The van der Waals surface area contributed by atoms with Gasteiger partial charge in [0.1, 0.15) is 9.84 Å². The lowest BCUT2D eigenvalue weighted by atomic mass is 9.81. The molecule has 1 saturated carbocycles. The zero-order valence-electron chi connectivity index (χ0n) is 11.8. The minimum absolute atomic E-state index is 0.101. The van der Waals surface area contributed by atoms with Gasteiger partial charge >= 0.3 is 0 Å². The zero-order valence-corrected chi connectivity index (χ0v) is 12.6. The molecule has 3 N–H and O–H groups in total. The summed E-state index contributed by atoms with van der Waals surface area (Å²) in [5, 5.41) is -0.217. The number of rotatable bonds is 5. The molecule has 1 aliphatic carbocycles. The maximum absolute atomic E-state index is 11.7. The summed E-state index contributed by atoms with van der Waals surface area (Å²) >= 11 is 0. The first-order valence-corrected chi connectivity index (χ1v) is 9.00. The van der Waals surface area contributed by atoms with Gasteiger partial charge in [-0.3, -0.25) is 16.3 Å². The van der Waals surface area contributed by atoms with Gasteiger partial charge in [-0.25, -0.2) is 8.42 Å². The molecule has 0 radical (unpaired) electrons. The summed E-state index contributed by atoms with van der Waals surface area (Å²) in [5.41, 5.74) is 3.99. The van der Waals surface area contributed by atoms with Crippen LogP contribution in [0.4, 0.5) is 0 Å². The molecule has 0 spiro atoms. The molecule has 1 aliphatic rings. The number of sulfone groups is 1. The van der Waals surface area contributed by atoms with Crippen LogP contribution in [0.3, 0.4) is 0 Å². The van der Waals surface area contributed by atoms with Crippen molar-refractivity contribution in [2.45, 2.75) is 43.4 Å². The molecule has 2 rings (SSSR count). The highest BCUT2D eigenvalue weighted by atomic mass is 32.2. The summed E-state index contributed by atoms with van der Waals surface area (Å²) in [6.07, 6.45) is 9.16. The van der Waals surface area contributed by atoms with Crippen molar-refractivity contribution in [2.75, 3.05) is 6.26 Å². The van der Waals surface area contributed by atoms with Crippen molar-refractivity contribution in [3.05, 3.63) is 30.1 Å². The van der Waals surface area contributed by atoms with E-state index in [1.54, 1.807) is 6.20 Å². The molecule has 1 aromatic rings. The molecule has 1 heterocycles. The van der Waals surface area contributed by atoms with E-state index in [1.165, 1.54) is 6.26 Å². The summed E-state index contributed by atoms with van der Waals surface area (Å²) < 4.78 is 23.5. The maximum atomic E-state index is 11.7. The third-order valence-corrected chi connectivity index (χ3v) is 5.87. The van der Waals surface area contributed by atoms with Gasteiger partial charge in [0.05, 0.1) is 5.25 Å². The third kappa shape index (κ3) is 4.01. The average molecular weight is 297 g/mol. The van der Waals surface area contributed by atoms with Crippen LogP contribution in [0.2, 0.25) is 0 Å². The van der Waals surface area contributed by atoms with E-state index in [2.05, 4.69) is 10.4 Å². The Labute approximate surface area is 120 Å². The number of pyridine rings is 1. The number of aromatic nitrogens is 1. The first-order valence-electron chi connectivity index (χ1n) is 7.04.